The van der Waals surface area contributed by atoms with Crippen molar-refractivity contribution in [3.8, 4) is 0 Å². The zero-order valence-electron chi connectivity index (χ0n) is 9.88. The van der Waals surface area contributed by atoms with Gasteiger partial charge in [-0.05, 0) is 53.2 Å². The Bertz CT molecular complexity index is 647. The Morgan fingerprint density at radius 1 is 1.26 bits per heavy atom. The van der Waals surface area contributed by atoms with Crippen LogP contribution in [0, 0.1) is 18.6 Å². The number of nitrogens with one attached hydrogen (secondary N) is 1. The average Bonchev–Trinajstić information content (AvgIpc) is 2.36. The van der Waals surface area contributed by atoms with Gasteiger partial charge in [0.15, 0.2) is 0 Å². The molecule has 0 atom stereocenters. The number of amides is 1. The minimum Gasteiger partial charge on any atom is -0.306 e. The van der Waals surface area contributed by atoms with Crippen LogP contribution in [0.1, 0.15) is 16.1 Å². The molecule has 0 saturated heterocycles. The summed E-state index contributed by atoms with van der Waals surface area (Å²) in [4.78, 5) is 15.9. The smallest absolute Gasteiger partial charge is 0.259 e. The van der Waals surface area contributed by atoms with Crippen LogP contribution >= 0.6 is 15.9 Å². The van der Waals surface area contributed by atoms with Crippen molar-refractivity contribution in [2.24, 2.45) is 0 Å². The second kappa shape index (κ2) is 5.44. The Kier molecular flexibility index (Phi) is 3.90. The highest BCUT2D eigenvalue weighted by atomic mass is 79.9. The van der Waals surface area contributed by atoms with Gasteiger partial charge in [0.05, 0.1) is 11.3 Å². The number of carbonyl (C=O) groups is 1. The second-order valence-corrected chi connectivity index (χ2v) is 4.70. The SMILES string of the molecule is Cc1nc(NC(=O)c2cc(F)ccc2F)ccc1Br. The van der Waals surface area contributed by atoms with Crippen LogP contribution < -0.4 is 5.32 Å². The summed E-state index contributed by atoms with van der Waals surface area (Å²) in [5, 5.41) is 2.42. The maximum Gasteiger partial charge on any atom is 0.259 e. The van der Waals surface area contributed by atoms with Gasteiger partial charge >= 0.3 is 0 Å². The van der Waals surface area contributed by atoms with E-state index in [0.29, 0.717) is 5.69 Å². The van der Waals surface area contributed by atoms with E-state index in [1.807, 2.05) is 0 Å². The van der Waals surface area contributed by atoms with Gasteiger partial charge in [0.2, 0.25) is 0 Å². The second-order valence-electron chi connectivity index (χ2n) is 3.84. The van der Waals surface area contributed by atoms with E-state index in [1.54, 1.807) is 19.1 Å². The summed E-state index contributed by atoms with van der Waals surface area (Å²) >= 11 is 3.28. The fraction of sp³-hybridized carbons (Fsp3) is 0.0769. The third-order valence-corrected chi connectivity index (χ3v) is 3.27. The number of benzene rings is 1. The molecule has 0 aliphatic heterocycles. The Balaban J connectivity index is 2.25. The number of hydrogen-bond acceptors (Lipinski definition) is 2. The van der Waals surface area contributed by atoms with Crippen molar-refractivity contribution in [3.63, 3.8) is 0 Å². The minimum atomic E-state index is -0.785. The lowest BCUT2D eigenvalue weighted by atomic mass is 10.2. The van der Waals surface area contributed by atoms with E-state index in [9.17, 15) is 13.6 Å². The molecule has 2 aromatic rings. The topological polar surface area (TPSA) is 42.0 Å². The number of halogens is 3. The van der Waals surface area contributed by atoms with E-state index in [0.717, 1.165) is 22.7 Å². The van der Waals surface area contributed by atoms with Crippen LogP contribution in [0.4, 0.5) is 14.6 Å². The van der Waals surface area contributed by atoms with Gasteiger partial charge in [0, 0.05) is 4.47 Å². The molecule has 0 aliphatic rings. The summed E-state index contributed by atoms with van der Waals surface area (Å²) in [5.41, 5.74) is 0.319. The molecule has 1 heterocycles. The number of aryl methyl sites for hydroxylation is 1. The van der Waals surface area contributed by atoms with Crippen LogP contribution in [0.5, 0.6) is 0 Å². The van der Waals surface area contributed by atoms with Crippen LogP contribution in [0.25, 0.3) is 0 Å². The number of hydrogen-bond donors (Lipinski definition) is 1. The third-order valence-electron chi connectivity index (χ3n) is 2.44. The van der Waals surface area contributed by atoms with Crippen molar-refractivity contribution in [2.75, 3.05) is 5.32 Å². The van der Waals surface area contributed by atoms with E-state index in [1.165, 1.54) is 0 Å². The minimum absolute atomic E-state index is 0.273. The number of rotatable bonds is 2. The van der Waals surface area contributed by atoms with E-state index in [4.69, 9.17) is 0 Å². The molecule has 1 amide bonds. The van der Waals surface area contributed by atoms with Gasteiger partial charge in [-0.15, -0.1) is 0 Å². The number of carbonyl (C=O) groups excluding carboxylic acids is 1. The summed E-state index contributed by atoms with van der Waals surface area (Å²) in [5.74, 6) is -1.93. The van der Waals surface area contributed by atoms with Gasteiger partial charge in [-0.1, -0.05) is 0 Å². The monoisotopic (exact) mass is 326 g/mol. The fourth-order valence-electron chi connectivity index (χ4n) is 1.47. The maximum absolute atomic E-state index is 13.4. The molecule has 2 rings (SSSR count). The van der Waals surface area contributed by atoms with Gasteiger partial charge in [-0.2, -0.15) is 0 Å². The number of aromatic nitrogens is 1. The molecule has 3 nitrogen and oxygen atoms in total. The summed E-state index contributed by atoms with van der Waals surface area (Å²) in [6.45, 7) is 1.75. The van der Waals surface area contributed by atoms with Crippen LogP contribution in [0.2, 0.25) is 0 Å². The molecular weight excluding hydrogens is 318 g/mol. The molecule has 1 aromatic heterocycles. The van der Waals surface area contributed by atoms with Gasteiger partial charge in [-0.3, -0.25) is 4.79 Å². The molecule has 1 aromatic carbocycles. The highest BCUT2D eigenvalue weighted by Gasteiger charge is 2.13. The molecular formula is C13H9BrF2N2O. The summed E-state index contributed by atoms with van der Waals surface area (Å²) in [6, 6.07) is 5.97. The highest BCUT2D eigenvalue weighted by molar-refractivity contribution is 9.10. The Morgan fingerprint density at radius 2 is 2.00 bits per heavy atom. The molecule has 98 valence electrons. The summed E-state index contributed by atoms with van der Waals surface area (Å²) < 4.78 is 27.2. The van der Waals surface area contributed by atoms with Crippen molar-refractivity contribution in [3.05, 3.63) is 57.7 Å². The molecule has 19 heavy (non-hydrogen) atoms. The average molecular weight is 327 g/mol. The van der Waals surface area contributed by atoms with Crippen molar-refractivity contribution in [1.82, 2.24) is 4.98 Å². The van der Waals surface area contributed by atoms with Crippen molar-refractivity contribution in [2.45, 2.75) is 6.92 Å². The normalized spacial score (nSPS) is 10.3. The standard InChI is InChI=1S/C13H9BrF2N2O/c1-7-10(14)3-5-12(17-7)18-13(19)9-6-8(15)2-4-11(9)16/h2-6H,1H3,(H,17,18,19). The Labute approximate surface area is 116 Å². The molecule has 0 saturated carbocycles. The molecule has 0 aliphatic carbocycles. The molecule has 1 N–H and O–H groups in total. The van der Waals surface area contributed by atoms with E-state index >= 15 is 0 Å². The molecule has 0 fully saturated rings. The first-order valence-electron chi connectivity index (χ1n) is 5.37. The summed E-state index contributed by atoms with van der Waals surface area (Å²) in [6.07, 6.45) is 0. The lowest BCUT2D eigenvalue weighted by Crippen LogP contribution is -2.15. The van der Waals surface area contributed by atoms with Gasteiger partial charge < -0.3 is 5.32 Å². The molecule has 0 spiro atoms. The molecule has 6 heteroatoms. The zero-order valence-corrected chi connectivity index (χ0v) is 11.5. The predicted octanol–water partition coefficient (Wildman–Crippen LogP) is 3.68. The molecule has 0 bridgehead atoms. The van der Waals surface area contributed by atoms with Crippen molar-refractivity contribution < 1.29 is 13.6 Å². The molecule has 0 unspecified atom stereocenters. The predicted molar refractivity (Wildman–Crippen MR) is 71.0 cm³/mol. The third kappa shape index (κ3) is 3.14. The van der Waals surface area contributed by atoms with E-state index in [2.05, 4.69) is 26.2 Å². The van der Waals surface area contributed by atoms with Crippen molar-refractivity contribution in [1.29, 1.82) is 0 Å². The summed E-state index contributed by atoms with van der Waals surface area (Å²) in [7, 11) is 0. The lowest BCUT2D eigenvalue weighted by molar-refractivity contribution is 0.102. The van der Waals surface area contributed by atoms with E-state index in [-0.39, 0.29) is 11.4 Å². The van der Waals surface area contributed by atoms with Crippen LogP contribution in [0.3, 0.4) is 0 Å². The maximum atomic E-state index is 13.4. The van der Waals surface area contributed by atoms with Crippen LogP contribution in [-0.2, 0) is 0 Å². The van der Waals surface area contributed by atoms with Gasteiger partial charge in [-0.25, -0.2) is 13.8 Å². The quantitative estimate of drug-likeness (QED) is 0.914. The van der Waals surface area contributed by atoms with Gasteiger partial charge in [0.25, 0.3) is 5.91 Å². The number of pyridine rings is 1. The van der Waals surface area contributed by atoms with Crippen LogP contribution in [-0.4, -0.2) is 10.9 Å². The van der Waals surface area contributed by atoms with Gasteiger partial charge in [0.1, 0.15) is 17.5 Å². The first-order valence-corrected chi connectivity index (χ1v) is 6.16. The van der Waals surface area contributed by atoms with Crippen molar-refractivity contribution >= 4 is 27.7 Å². The fourth-order valence-corrected chi connectivity index (χ4v) is 1.69. The highest BCUT2D eigenvalue weighted by Crippen LogP contribution is 2.17. The first-order chi connectivity index (χ1) is 8.97. The number of anilines is 1. The zero-order chi connectivity index (χ0) is 14.0. The van der Waals surface area contributed by atoms with Crippen LogP contribution in [0.15, 0.2) is 34.8 Å². The Hall–Kier alpha value is -1.82. The lowest BCUT2D eigenvalue weighted by Gasteiger charge is -2.07. The molecule has 0 radical (unpaired) electrons. The van der Waals surface area contributed by atoms with E-state index < -0.39 is 17.5 Å². The number of nitrogens with zero attached hydrogens (tertiary/aromatic N) is 1. The largest absolute Gasteiger partial charge is 0.306 e. The Morgan fingerprint density at radius 3 is 2.68 bits per heavy atom. The first kappa shape index (κ1) is 13.6.